The smallest absolute Gasteiger partial charge is 0.145 e. The Morgan fingerprint density at radius 2 is 2.20 bits per heavy atom. The van der Waals surface area contributed by atoms with Gasteiger partial charge in [0.25, 0.3) is 0 Å². The van der Waals surface area contributed by atoms with Crippen molar-refractivity contribution in [2.75, 3.05) is 25.1 Å². The minimum Gasteiger partial charge on any atom is -0.381 e. The topological polar surface area (TPSA) is 47.0 Å². The van der Waals surface area contributed by atoms with Crippen LogP contribution in [0, 0.1) is 5.92 Å². The van der Waals surface area contributed by atoms with Gasteiger partial charge < -0.3 is 10.1 Å². The van der Waals surface area contributed by atoms with Crippen LogP contribution >= 0.6 is 15.9 Å². The number of anilines is 1. The zero-order chi connectivity index (χ0) is 10.5. The lowest BCUT2D eigenvalue weighted by Gasteiger charge is -2.22. The molecular weight excluding hydrogens is 258 g/mol. The van der Waals surface area contributed by atoms with E-state index < -0.39 is 0 Å². The summed E-state index contributed by atoms with van der Waals surface area (Å²) < 4.78 is 6.07. The van der Waals surface area contributed by atoms with Crippen molar-refractivity contribution < 1.29 is 4.74 Å². The molecule has 2 rings (SSSR count). The Hall–Kier alpha value is -0.680. The first-order valence-corrected chi connectivity index (χ1v) is 5.93. The van der Waals surface area contributed by atoms with Gasteiger partial charge in [0.05, 0.1) is 12.4 Å². The summed E-state index contributed by atoms with van der Waals surface area (Å²) in [4.78, 5) is 8.32. The number of aromatic nitrogens is 2. The van der Waals surface area contributed by atoms with E-state index in [1.807, 2.05) is 0 Å². The molecule has 0 atom stereocenters. The normalized spacial score (nSPS) is 17.7. The number of hydrogen-bond acceptors (Lipinski definition) is 4. The second kappa shape index (κ2) is 5.42. The molecule has 1 aromatic rings. The van der Waals surface area contributed by atoms with Crippen molar-refractivity contribution in [2.24, 2.45) is 5.92 Å². The van der Waals surface area contributed by atoms with Crippen LogP contribution in [-0.4, -0.2) is 29.7 Å². The Bertz CT molecular complexity index is 315. The average Bonchev–Trinajstić information content (AvgIpc) is 2.28. The van der Waals surface area contributed by atoms with Gasteiger partial charge in [0.15, 0.2) is 0 Å². The molecule has 0 radical (unpaired) electrons. The highest BCUT2D eigenvalue weighted by atomic mass is 79.9. The lowest BCUT2D eigenvalue weighted by Crippen LogP contribution is -2.22. The molecular formula is C10H14BrN3O. The number of rotatable bonds is 3. The maximum absolute atomic E-state index is 5.31. The van der Waals surface area contributed by atoms with E-state index in [0.717, 1.165) is 43.0 Å². The molecule has 0 bridgehead atoms. The van der Waals surface area contributed by atoms with Gasteiger partial charge >= 0.3 is 0 Å². The van der Waals surface area contributed by atoms with Crippen LogP contribution in [0.15, 0.2) is 17.0 Å². The molecule has 2 heterocycles. The fourth-order valence-electron chi connectivity index (χ4n) is 1.63. The number of nitrogens with zero attached hydrogens (tertiary/aromatic N) is 2. The van der Waals surface area contributed by atoms with Gasteiger partial charge in [-0.15, -0.1) is 0 Å². The van der Waals surface area contributed by atoms with Crippen LogP contribution in [0.5, 0.6) is 0 Å². The number of halogens is 1. The molecule has 1 aliphatic heterocycles. The Morgan fingerprint density at radius 3 is 2.93 bits per heavy atom. The molecule has 0 aliphatic carbocycles. The highest BCUT2D eigenvalue weighted by Gasteiger charge is 2.13. The summed E-state index contributed by atoms with van der Waals surface area (Å²) in [5.41, 5.74) is 0. The number of ether oxygens (including phenoxy) is 1. The lowest BCUT2D eigenvalue weighted by molar-refractivity contribution is 0.0699. The van der Waals surface area contributed by atoms with Gasteiger partial charge in [-0.1, -0.05) is 0 Å². The summed E-state index contributed by atoms with van der Waals surface area (Å²) in [7, 11) is 0. The molecule has 0 saturated carbocycles. The molecule has 4 nitrogen and oxygen atoms in total. The molecule has 0 amide bonds. The minimum atomic E-state index is 0.694. The quantitative estimate of drug-likeness (QED) is 0.915. The summed E-state index contributed by atoms with van der Waals surface area (Å²) in [5, 5.41) is 3.30. The van der Waals surface area contributed by atoms with Gasteiger partial charge in [0.2, 0.25) is 0 Å². The Morgan fingerprint density at radius 1 is 1.40 bits per heavy atom. The van der Waals surface area contributed by atoms with Gasteiger partial charge in [-0.05, 0) is 34.7 Å². The fraction of sp³-hybridized carbons (Fsp3) is 0.600. The predicted octanol–water partition coefficient (Wildman–Crippen LogP) is 2.08. The van der Waals surface area contributed by atoms with Crippen LogP contribution in [0.2, 0.25) is 0 Å². The van der Waals surface area contributed by atoms with Crippen molar-refractivity contribution in [1.29, 1.82) is 0 Å². The van der Waals surface area contributed by atoms with E-state index in [1.54, 1.807) is 12.4 Å². The van der Waals surface area contributed by atoms with E-state index >= 15 is 0 Å². The maximum Gasteiger partial charge on any atom is 0.145 e. The Balaban J connectivity index is 1.81. The second-order valence-corrected chi connectivity index (χ2v) is 4.48. The van der Waals surface area contributed by atoms with Crippen molar-refractivity contribution in [3.05, 3.63) is 17.0 Å². The van der Waals surface area contributed by atoms with E-state index in [-0.39, 0.29) is 0 Å². The first-order chi connectivity index (χ1) is 7.34. The summed E-state index contributed by atoms with van der Waals surface area (Å²) in [6.07, 6.45) is 5.69. The summed E-state index contributed by atoms with van der Waals surface area (Å²) in [5.74, 6) is 1.52. The van der Waals surface area contributed by atoms with Crippen LogP contribution in [0.3, 0.4) is 0 Å². The lowest BCUT2D eigenvalue weighted by atomic mass is 10.0. The van der Waals surface area contributed by atoms with Gasteiger partial charge in [-0.25, -0.2) is 4.98 Å². The standard InChI is InChI=1S/C10H14BrN3O/c11-9-6-12-7-10(14-9)13-5-8-1-3-15-4-2-8/h6-8H,1-5H2,(H,13,14). The minimum absolute atomic E-state index is 0.694. The van der Waals surface area contributed by atoms with Crippen LogP contribution < -0.4 is 5.32 Å². The maximum atomic E-state index is 5.31. The largest absolute Gasteiger partial charge is 0.381 e. The first-order valence-electron chi connectivity index (χ1n) is 5.14. The van der Waals surface area contributed by atoms with Crippen LogP contribution in [-0.2, 0) is 4.74 Å². The second-order valence-electron chi connectivity index (χ2n) is 3.66. The van der Waals surface area contributed by atoms with E-state index in [0.29, 0.717) is 5.92 Å². The van der Waals surface area contributed by atoms with Gasteiger partial charge in [0.1, 0.15) is 10.4 Å². The van der Waals surface area contributed by atoms with Crippen LogP contribution in [0.1, 0.15) is 12.8 Å². The highest BCUT2D eigenvalue weighted by molar-refractivity contribution is 9.10. The molecule has 1 aliphatic rings. The summed E-state index contributed by atoms with van der Waals surface area (Å²) >= 11 is 3.29. The fourth-order valence-corrected chi connectivity index (χ4v) is 1.94. The molecule has 1 saturated heterocycles. The third-order valence-electron chi connectivity index (χ3n) is 2.52. The molecule has 0 spiro atoms. The SMILES string of the molecule is Brc1cncc(NCC2CCOCC2)n1. The van der Waals surface area contributed by atoms with Gasteiger partial charge in [-0.2, -0.15) is 0 Å². The van der Waals surface area contributed by atoms with Crippen molar-refractivity contribution in [1.82, 2.24) is 9.97 Å². The summed E-state index contributed by atoms with van der Waals surface area (Å²) in [6.45, 7) is 2.72. The number of nitrogens with one attached hydrogen (secondary N) is 1. The zero-order valence-electron chi connectivity index (χ0n) is 8.45. The molecule has 1 aromatic heterocycles. The molecule has 82 valence electrons. The molecule has 15 heavy (non-hydrogen) atoms. The van der Waals surface area contributed by atoms with Crippen LogP contribution in [0.25, 0.3) is 0 Å². The Labute approximate surface area is 97.6 Å². The van der Waals surface area contributed by atoms with Crippen molar-refractivity contribution >= 4 is 21.7 Å². The predicted molar refractivity (Wildman–Crippen MR) is 61.8 cm³/mol. The third kappa shape index (κ3) is 3.43. The van der Waals surface area contributed by atoms with E-state index in [4.69, 9.17) is 4.74 Å². The molecule has 1 fully saturated rings. The van der Waals surface area contributed by atoms with Gasteiger partial charge in [-0.3, -0.25) is 4.98 Å². The van der Waals surface area contributed by atoms with Crippen molar-refractivity contribution in [3.8, 4) is 0 Å². The van der Waals surface area contributed by atoms with E-state index in [9.17, 15) is 0 Å². The molecule has 0 unspecified atom stereocenters. The van der Waals surface area contributed by atoms with E-state index in [2.05, 4.69) is 31.2 Å². The highest BCUT2D eigenvalue weighted by Crippen LogP contribution is 2.15. The van der Waals surface area contributed by atoms with E-state index in [1.165, 1.54) is 0 Å². The third-order valence-corrected chi connectivity index (χ3v) is 2.90. The van der Waals surface area contributed by atoms with Crippen molar-refractivity contribution in [2.45, 2.75) is 12.8 Å². The molecule has 0 aromatic carbocycles. The first kappa shape index (κ1) is 10.8. The monoisotopic (exact) mass is 271 g/mol. The van der Waals surface area contributed by atoms with Gasteiger partial charge in [0, 0.05) is 19.8 Å². The Kier molecular flexibility index (Phi) is 3.91. The zero-order valence-corrected chi connectivity index (χ0v) is 10.0. The van der Waals surface area contributed by atoms with Crippen molar-refractivity contribution in [3.63, 3.8) is 0 Å². The molecule has 5 heteroatoms. The number of hydrogen-bond donors (Lipinski definition) is 1. The average molecular weight is 272 g/mol. The van der Waals surface area contributed by atoms with Crippen LogP contribution in [0.4, 0.5) is 5.82 Å². The molecule has 1 N–H and O–H groups in total. The summed E-state index contributed by atoms with van der Waals surface area (Å²) in [6, 6.07) is 0.